The lowest BCUT2D eigenvalue weighted by Gasteiger charge is -2.23. The Balaban J connectivity index is 1.88. The van der Waals surface area contributed by atoms with Crippen molar-refractivity contribution in [2.45, 2.75) is 25.8 Å². The van der Waals surface area contributed by atoms with Crippen LogP contribution in [-0.2, 0) is 0 Å². The Hall–Kier alpha value is -1.69. The molecular weight excluding hydrogens is 232 g/mol. The van der Waals surface area contributed by atoms with E-state index in [0.29, 0.717) is 11.9 Å². The molecule has 0 bridgehead atoms. The second-order valence-corrected chi connectivity index (χ2v) is 4.46. The van der Waals surface area contributed by atoms with Gasteiger partial charge in [-0.15, -0.1) is 0 Å². The van der Waals surface area contributed by atoms with Crippen LogP contribution in [0.1, 0.15) is 19.8 Å². The van der Waals surface area contributed by atoms with Crippen molar-refractivity contribution in [2.75, 3.05) is 25.0 Å². The topological polar surface area (TPSA) is 71.3 Å². The highest BCUT2D eigenvalue weighted by molar-refractivity contribution is 5.40. The van der Waals surface area contributed by atoms with Gasteiger partial charge in [-0.25, -0.2) is 4.98 Å². The summed E-state index contributed by atoms with van der Waals surface area (Å²) in [4.78, 5) is 16.5. The number of pyridine rings is 1. The zero-order valence-corrected chi connectivity index (χ0v) is 10.5. The molecule has 1 unspecified atom stereocenters. The van der Waals surface area contributed by atoms with Crippen molar-refractivity contribution >= 4 is 11.5 Å². The lowest BCUT2D eigenvalue weighted by molar-refractivity contribution is -0.385. The average Bonchev–Trinajstić information content (AvgIpc) is 2.84. The maximum Gasteiger partial charge on any atom is 0.287 e. The van der Waals surface area contributed by atoms with E-state index in [1.54, 1.807) is 6.07 Å². The fourth-order valence-electron chi connectivity index (χ4n) is 2.36. The predicted octanol–water partition coefficient (Wildman–Crippen LogP) is 1.89. The molecule has 0 aromatic carbocycles. The molecule has 0 amide bonds. The number of nitro groups is 1. The van der Waals surface area contributed by atoms with Crippen LogP contribution in [0.4, 0.5) is 11.5 Å². The van der Waals surface area contributed by atoms with Gasteiger partial charge in [0.15, 0.2) is 0 Å². The number of nitrogens with zero attached hydrogens (tertiary/aromatic N) is 3. The summed E-state index contributed by atoms with van der Waals surface area (Å²) in [6.45, 7) is 5.25. The van der Waals surface area contributed by atoms with Crippen LogP contribution in [0, 0.1) is 10.1 Å². The SMILES string of the molecule is CCN1CCCC1CNc1ccc([N+](=O)[O-])cn1. The van der Waals surface area contributed by atoms with Crippen molar-refractivity contribution in [3.8, 4) is 0 Å². The molecule has 1 aliphatic rings. The van der Waals surface area contributed by atoms with Gasteiger partial charge in [0.1, 0.15) is 12.0 Å². The van der Waals surface area contributed by atoms with Gasteiger partial charge in [0, 0.05) is 18.7 Å². The molecule has 1 N–H and O–H groups in total. The first-order valence-corrected chi connectivity index (χ1v) is 6.29. The lowest BCUT2D eigenvalue weighted by Crippen LogP contribution is -2.34. The van der Waals surface area contributed by atoms with Crippen molar-refractivity contribution in [3.63, 3.8) is 0 Å². The lowest BCUT2D eigenvalue weighted by atomic mass is 10.2. The Kier molecular flexibility index (Phi) is 4.09. The van der Waals surface area contributed by atoms with Gasteiger partial charge in [0.25, 0.3) is 5.69 Å². The molecule has 1 saturated heterocycles. The Labute approximate surface area is 106 Å². The summed E-state index contributed by atoms with van der Waals surface area (Å²) in [5.41, 5.74) is 0.0246. The molecule has 1 fully saturated rings. The van der Waals surface area contributed by atoms with Gasteiger partial charge in [0.05, 0.1) is 4.92 Å². The zero-order chi connectivity index (χ0) is 13.0. The van der Waals surface area contributed by atoms with E-state index in [2.05, 4.69) is 22.1 Å². The summed E-state index contributed by atoms with van der Waals surface area (Å²) in [5.74, 6) is 0.698. The van der Waals surface area contributed by atoms with Crippen LogP contribution in [0.15, 0.2) is 18.3 Å². The fraction of sp³-hybridized carbons (Fsp3) is 0.583. The summed E-state index contributed by atoms with van der Waals surface area (Å²) in [7, 11) is 0. The van der Waals surface area contributed by atoms with Crippen molar-refractivity contribution in [3.05, 3.63) is 28.4 Å². The van der Waals surface area contributed by atoms with Crippen LogP contribution in [0.3, 0.4) is 0 Å². The van der Waals surface area contributed by atoms with Crippen LogP contribution >= 0.6 is 0 Å². The minimum absolute atomic E-state index is 0.0246. The molecule has 0 radical (unpaired) electrons. The molecule has 1 atom stereocenters. The van der Waals surface area contributed by atoms with Gasteiger partial charge in [-0.2, -0.15) is 0 Å². The highest BCUT2D eigenvalue weighted by Crippen LogP contribution is 2.17. The largest absolute Gasteiger partial charge is 0.368 e. The third kappa shape index (κ3) is 2.95. The van der Waals surface area contributed by atoms with E-state index in [0.717, 1.165) is 19.6 Å². The minimum Gasteiger partial charge on any atom is -0.368 e. The van der Waals surface area contributed by atoms with Crippen molar-refractivity contribution < 1.29 is 4.92 Å². The Bertz CT molecular complexity index is 407. The number of aromatic nitrogens is 1. The summed E-state index contributed by atoms with van der Waals surface area (Å²) in [5, 5.41) is 13.7. The average molecular weight is 250 g/mol. The monoisotopic (exact) mass is 250 g/mol. The second-order valence-electron chi connectivity index (χ2n) is 4.46. The molecule has 6 nitrogen and oxygen atoms in total. The molecule has 0 saturated carbocycles. The third-order valence-electron chi connectivity index (χ3n) is 3.38. The van der Waals surface area contributed by atoms with Crippen LogP contribution in [0.5, 0.6) is 0 Å². The summed E-state index contributed by atoms with van der Waals surface area (Å²) >= 11 is 0. The quantitative estimate of drug-likeness (QED) is 0.638. The fourth-order valence-corrected chi connectivity index (χ4v) is 2.36. The summed E-state index contributed by atoms with van der Waals surface area (Å²) < 4.78 is 0. The number of anilines is 1. The second kappa shape index (κ2) is 5.77. The molecule has 0 aliphatic carbocycles. The first-order chi connectivity index (χ1) is 8.70. The van der Waals surface area contributed by atoms with E-state index >= 15 is 0 Å². The van der Waals surface area contributed by atoms with E-state index in [9.17, 15) is 10.1 Å². The number of hydrogen-bond acceptors (Lipinski definition) is 5. The maximum atomic E-state index is 10.5. The molecule has 1 aliphatic heterocycles. The standard InChI is InChI=1S/C12H18N4O2/c1-2-15-7-3-4-10(15)8-13-12-6-5-11(9-14-12)16(17)18/h5-6,9-10H,2-4,7-8H2,1H3,(H,13,14). The summed E-state index contributed by atoms with van der Waals surface area (Å²) in [6.07, 6.45) is 3.73. The molecule has 1 aromatic heterocycles. The van der Waals surface area contributed by atoms with E-state index in [4.69, 9.17) is 0 Å². The molecule has 1 aromatic rings. The first kappa shape index (κ1) is 12.8. The van der Waals surface area contributed by atoms with Crippen LogP contribution in [0.25, 0.3) is 0 Å². The van der Waals surface area contributed by atoms with Crippen molar-refractivity contribution in [1.82, 2.24) is 9.88 Å². The van der Waals surface area contributed by atoms with Crippen LogP contribution in [0.2, 0.25) is 0 Å². The summed E-state index contributed by atoms with van der Waals surface area (Å²) in [6, 6.07) is 3.68. The molecule has 0 spiro atoms. The molecule has 18 heavy (non-hydrogen) atoms. The van der Waals surface area contributed by atoms with Gasteiger partial charge in [-0.05, 0) is 32.0 Å². The van der Waals surface area contributed by atoms with E-state index in [1.165, 1.54) is 25.1 Å². The van der Waals surface area contributed by atoms with Gasteiger partial charge in [0.2, 0.25) is 0 Å². The number of likely N-dealkylation sites (N-methyl/N-ethyl adjacent to an activating group) is 1. The van der Waals surface area contributed by atoms with Gasteiger partial charge in [-0.1, -0.05) is 6.92 Å². The van der Waals surface area contributed by atoms with E-state index in [-0.39, 0.29) is 5.69 Å². The molecular formula is C12H18N4O2. The Morgan fingerprint density at radius 1 is 1.61 bits per heavy atom. The van der Waals surface area contributed by atoms with Crippen molar-refractivity contribution in [2.24, 2.45) is 0 Å². The Morgan fingerprint density at radius 3 is 3.06 bits per heavy atom. The molecule has 2 heterocycles. The van der Waals surface area contributed by atoms with Crippen LogP contribution < -0.4 is 5.32 Å². The Morgan fingerprint density at radius 2 is 2.44 bits per heavy atom. The number of rotatable bonds is 5. The van der Waals surface area contributed by atoms with Crippen molar-refractivity contribution in [1.29, 1.82) is 0 Å². The number of likely N-dealkylation sites (tertiary alicyclic amines) is 1. The zero-order valence-electron chi connectivity index (χ0n) is 10.5. The van der Waals surface area contributed by atoms with E-state index in [1.807, 2.05) is 0 Å². The molecule has 2 rings (SSSR count). The van der Waals surface area contributed by atoms with Gasteiger partial charge in [-0.3, -0.25) is 15.0 Å². The highest BCUT2D eigenvalue weighted by Gasteiger charge is 2.22. The van der Waals surface area contributed by atoms with Gasteiger partial charge >= 0.3 is 0 Å². The minimum atomic E-state index is -0.438. The first-order valence-electron chi connectivity index (χ1n) is 6.29. The van der Waals surface area contributed by atoms with E-state index < -0.39 is 4.92 Å². The van der Waals surface area contributed by atoms with Gasteiger partial charge < -0.3 is 5.32 Å². The smallest absolute Gasteiger partial charge is 0.287 e. The number of hydrogen-bond donors (Lipinski definition) is 1. The van der Waals surface area contributed by atoms with Crippen LogP contribution in [-0.4, -0.2) is 40.5 Å². The maximum absolute atomic E-state index is 10.5. The normalized spacial score (nSPS) is 19.9. The molecule has 6 heteroatoms. The number of nitrogens with one attached hydrogen (secondary N) is 1. The third-order valence-corrected chi connectivity index (χ3v) is 3.38. The molecule has 98 valence electrons. The highest BCUT2D eigenvalue weighted by atomic mass is 16.6. The predicted molar refractivity (Wildman–Crippen MR) is 69.7 cm³/mol.